The summed E-state index contributed by atoms with van der Waals surface area (Å²) in [5.74, 6) is -1.67. The Kier molecular flexibility index (Phi) is 6.11. The highest BCUT2D eigenvalue weighted by Gasteiger charge is 2.19. The molecule has 1 atom stereocenters. The molecule has 3 aromatic rings. The Bertz CT molecular complexity index is 1160. The zero-order valence-electron chi connectivity index (χ0n) is 18.2. The molecule has 1 fully saturated rings. The van der Waals surface area contributed by atoms with E-state index in [1.165, 1.54) is 12.8 Å². The summed E-state index contributed by atoms with van der Waals surface area (Å²) in [7, 11) is 1.56. The summed E-state index contributed by atoms with van der Waals surface area (Å²) in [4.78, 5) is 42.0. The number of carbonyl (C=O) groups is 3. The normalized spacial score (nSPS) is 14.2. The molecule has 4 rings (SSSR count). The van der Waals surface area contributed by atoms with E-state index in [1.54, 1.807) is 31.3 Å². The van der Waals surface area contributed by atoms with Crippen molar-refractivity contribution in [2.75, 3.05) is 30.4 Å². The van der Waals surface area contributed by atoms with E-state index >= 15 is 0 Å². The summed E-state index contributed by atoms with van der Waals surface area (Å²) < 4.78 is 0. The van der Waals surface area contributed by atoms with E-state index in [4.69, 9.17) is 0 Å². The number of anilines is 2. The van der Waals surface area contributed by atoms with Gasteiger partial charge in [0.15, 0.2) is 0 Å². The highest BCUT2D eigenvalue weighted by molar-refractivity contribution is 6.39. The van der Waals surface area contributed by atoms with Crippen LogP contribution in [0.15, 0.2) is 48.5 Å². The lowest BCUT2D eigenvalue weighted by atomic mass is 10.1. The Labute approximate surface area is 186 Å². The highest BCUT2D eigenvalue weighted by Crippen LogP contribution is 2.24. The summed E-state index contributed by atoms with van der Waals surface area (Å²) in [5, 5.41) is 8.71. The Hall–Kier alpha value is -3.81. The van der Waals surface area contributed by atoms with Gasteiger partial charge in [0, 0.05) is 42.4 Å². The van der Waals surface area contributed by atoms with Crippen LogP contribution < -0.4 is 20.9 Å². The van der Waals surface area contributed by atoms with Crippen LogP contribution >= 0.6 is 0 Å². The fraction of sp³-hybridized carbons (Fsp3) is 0.292. The molecule has 1 aliphatic rings. The smallest absolute Gasteiger partial charge is 0.313 e. The van der Waals surface area contributed by atoms with Gasteiger partial charge < -0.3 is 25.8 Å². The first kappa shape index (κ1) is 21.4. The lowest BCUT2D eigenvalue weighted by Crippen LogP contribution is -2.37. The Morgan fingerprint density at radius 3 is 2.53 bits per heavy atom. The monoisotopic (exact) mass is 433 g/mol. The van der Waals surface area contributed by atoms with Gasteiger partial charge in [-0.1, -0.05) is 12.1 Å². The molecule has 2 aromatic carbocycles. The first-order valence-corrected chi connectivity index (χ1v) is 10.8. The molecule has 4 N–H and O–H groups in total. The Morgan fingerprint density at radius 2 is 1.78 bits per heavy atom. The molecule has 2 heterocycles. The van der Waals surface area contributed by atoms with E-state index in [0.717, 1.165) is 35.2 Å². The summed E-state index contributed by atoms with van der Waals surface area (Å²) in [6, 6.07) is 14.6. The first-order valence-electron chi connectivity index (χ1n) is 10.8. The number of hydrogen-bond acceptors (Lipinski definition) is 4. The molecule has 0 radical (unpaired) electrons. The lowest BCUT2D eigenvalue weighted by molar-refractivity contribution is -0.136. The van der Waals surface area contributed by atoms with Crippen molar-refractivity contribution in [2.24, 2.45) is 0 Å². The van der Waals surface area contributed by atoms with E-state index in [2.05, 4.69) is 38.0 Å². The molecule has 0 bridgehead atoms. The van der Waals surface area contributed by atoms with Gasteiger partial charge in [-0.15, -0.1) is 0 Å². The third-order valence-corrected chi connectivity index (χ3v) is 5.75. The number of aromatic nitrogens is 1. The average molecular weight is 434 g/mol. The van der Waals surface area contributed by atoms with E-state index in [-0.39, 0.29) is 11.9 Å². The predicted molar refractivity (Wildman–Crippen MR) is 125 cm³/mol. The van der Waals surface area contributed by atoms with Crippen LogP contribution in [0.1, 0.15) is 41.9 Å². The first-order chi connectivity index (χ1) is 15.4. The van der Waals surface area contributed by atoms with Crippen LogP contribution in [0.4, 0.5) is 11.4 Å². The molecular weight excluding hydrogens is 406 g/mol. The van der Waals surface area contributed by atoms with Gasteiger partial charge in [0.05, 0.1) is 6.04 Å². The van der Waals surface area contributed by atoms with Crippen LogP contribution in [0.2, 0.25) is 0 Å². The van der Waals surface area contributed by atoms with Gasteiger partial charge in [0.1, 0.15) is 5.69 Å². The van der Waals surface area contributed by atoms with Crippen molar-refractivity contribution in [3.05, 3.63) is 59.8 Å². The highest BCUT2D eigenvalue weighted by atomic mass is 16.2. The minimum atomic E-state index is -0.742. The molecule has 1 saturated heterocycles. The average Bonchev–Trinajstić information content (AvgIpc) is 3.48. The number of rotatable bonds is 5. The number of fused-ring (bicyclic) bond motifs is 1. The minimum absolute atomic E-state index is 0.228. The maximum absolute atomic E-state index is 12.5. The van der Waals surface area contributed by atoms with Gasteiger partial charge in [-0.05, 0) is 61.7 Å². The van der Waals surface area contributed by atoms with Gasteiger partial charge in [0.25, 0.3) is 5.91 Å². The van der Waals surface area contributed by atoms with E-state index in [1.807, 2.05) is 19.1 Å². The molecular formula is C24H27N5O3. The quantitative estimate of drug-likeness (QED) is 0.464. The summed E-state index contributed by atoms with van der Waals surface area (Å²) in [6.45, 7) is 3.95. The van der Waals surface area contributed by atoms with Crippen LogP contribution in [-0.4, -0.2) is 42.8 Å². The molecule has 0 saturated carbocycles. The molecule has 1 unspecified atom stereocenters. The van der Waals surface area contributed by atoms with E-state index < -0.39 is 11.8 Å². The van der Waals surface area contributed by atoms with Crippen molar-refractivity contribution in [1.29, 1.82) is 0 Å². The summed E-state index contributed by atoms with van der Waals surface area (Å²) >= 11 is 0. The third-order valence-electron chi connectivity index (χ3n) is 5.75. The van der Waals surface area contributed by atoms with Gasteiger partial charge in [-0.3, -0.25) is 14.4 Å². The fourth-order valence-corrected chi connectivity index (χ4v) is 3.97. The standard InChI is InChI=1S/C24H27N5O3/c1-15(16-6-5-7-19(13-16)29-10-3-4-11-29)26-23(31)24(32)27-18-8-9-20-17(12-18)14-21(28-20)22(30)25-2/h5-9,12-15,28H,3-4,10-11H2,1-2H3,(H,25,30)(H,26,31)(H,27,32). The van der Waals surface area contributed by atoms with Gasteiger partial charge >= 0.3 is 11.8 Å². The molecule has 8 heteroatoms. The number of nitrogens with zero attached hydrogens (tertiary/aromatic N) is 1. The number of amides is 3. The molecule has 8 nitrogen and oxygen atoms in total. The van der Waals surface area contributed by atoms with Gasteiger partial charge in [0.2, 0.25) is 0 Å². The number of aromatic amines is 1. The van der Waals surface area contributed by atoms with Crippen molar-refractivity contribution in [3.8, 4) is 0 Å². The molecule has 3 amide bonds. The van der Waals surface area contributed by atoms with Crippen LogP contribution in [0.25, 0.3) is 10.9 Å². The van der Waals surface area contributed by atoms with Crippen molar-refractivity contribution in [3.63, 3.8) is 0 Å². The van der Waals surface area contributed by atoms with Crippen LogP contribution in [0.5, 0.6) is 0 Å². The van der Waals surface area contributed by atoms with Crippen molar-refractivity contribution in [1.82, 2.24) is 15.6 Å². The third kappa shape index (κ3) is 4.59. The number of benzene rings is 2. The number of hydrogen-bond donors (Lipinski definition) is 4. The lowest BCUT2D eigenvalue weighted by Gasteiger charge is -2.20. The van der Waals surface area contributed by atoms with E-state index in [9.17, 15) is 14.4 Å². The molecule has 0 aliphatic carbocycles. The van der Waals surface area contributed by atoms with Crippen LogP contribution in [0, 0.1) is 0 Å². The molecule has 32 heavy (non-hydrogen) atoms. The summed E-state index contributed by atoms with van der Waals surface area (Å²) in [5.41, 5.74) is 3.75. The largest absolute Gasteiger partial charge is 0.372 e. The maximum Gasteiger partial charge on any atom is 0.313 e. The Morgan fingerprint density at radius 1 is 1.00 bits per heavy atom. The second-order valence-corrected chi connectivity index (χ2v) is 8.00. The SMILES string of the molecule is CNC(=O)c1cc2cc(NC(=O)C(=O)NC(C)c3cccc(N4CCCC4)c3)ccc2[nH]1. The van der Waals surface area contributed by atoms with Crippen molar-refractivity contribution >= 4 is 40.0 Å². The molecule has 1 aromatic heterocycles. The molecule has 166 valence electrons. The minimum Gasteiger partial charge on any atom is -0.372 e. The van der Waals surface area contributed by atoms with Crippen molar-refractivity contribution in [2.45, 2.75) is 25.8 Å². The summed E-state index contributed by atoms with van der Waals surface area (Å²) in [6.07, 6.45) is 2.39. The topological polar surface area (TPSA) is 106 Å². The van der Waals surface area contributed by atoms with E-state index in [0.29, 0.717) is 11.4 Å². The number of carbonyl (C=O) groups excluding carboxylic acids is 3. The van der Waals surface area contributed by atoms with Crippen LogP contribution in [-0.2, 0) is 9.59 Å². The van der Waals surface area contributed by atoms with Crippen LogP contribution in [0.3, 0.4) is 0 Å². The maximum atomic E-state index is 12.5. The van der Waals surface area contributed by atoms with Gasteiger partial charge in [-0.2, -0.15) is 0 Å². The molecule has 0 spiro atoms. The van der Waals surface area contributed by atoms with Crippen molar-refractivity contribution < 1.29 is 14.4 Å². The van der Waals surface area contributed by atoms with Gasteiger partial charge in [-0.25, -0.2) is 0 Å². The molecule has 1 aliphatic heterocycles. The fourth-order valence-electron chi connectivity index (χ4n) is 3.97. The second-order valence-electron chi connectivity index (χ2n) is 8.00. The Balaban J connectivity index is 1.40. The second kappa shape index (κ2) is 9.13. The predicted octanol–water partition coefficient (Wildman–Crippen LogP) is 2.94. The number of H-pyrrole nitrogens is 1. The zero-order chi connectivity index (χ0) is 22.7. The zero-order valence-corrected chi connectivity index (χ0v) is 18.2. The number of nitrogens with one attached hydrogen (secondary N) is 4.